The predicted octanol–water partition coefficient (Wildman–Crippen LogP) is 2.43. The van der Waals surface area contributed by atoms with Crippen LogP contribution in [0.4, 0.5) is 0 Å². The van der Waals surface area contributed by atoms with Crippen LogP contribution in [0.1, 0.15) is 40.7 Å². The molecule has 0 amide bonds. The summed E-state index contributed by atoms with van der Waals surface area (Å²) < 4.78 is 6.84. The zero-order chi connectivity index (χ0) is 11.7. The standard InChI is InChI=1S/C13H14N2O2/c16-13-4-2-1-3-11-7-15(8-12(11)13)6-10-5-14-17-9-10/h5,7-9H,1-4,6H2. The molecule has 0 aliphatic heterocycles. The smallest absolute Gasteiger partial charge is 0.164 e. The van der Waals surface area contributed by atoms with Gasteiger partial charge in [-0.2, -0.15) is 0 Å². The minimum atomic E-state index is 0.279. The molecule has 0 radical (unpaired) electrons. The number of aromatic nitrogens is 2. The number of Topliss-reactive ketones (excluding diaryl/α,β-unsaturated/α-hetero) is 1. The summed E-state index contributed by atoms with van der Waals surface area (Å²) in [6.07, 6.45) is 11.2. The molecule has 17 heavy (non-hydrogen) atoms. The Kier molecular flexibility index (Phi) is 2.55. The van der Waals surface area contributed by atoms with Gasteiger partial charge in [-0.25, -0.2) is 0 Å². The number of ketones is 1. The van der Waals surface area contributed by atoms with Gasteiger partial charge in [0.1, 0.15) is 6.26 Å². The maximum atomic E-state index is 11.9. The zero-order valence-corrected chi connectivity index (χ0v) is 9.56. The fourth-order valence-corrected chi connectivity index (χ4v) is 2.35. The van der Waals surface area contributed by atoms with Gasteiger partial charge >= 0.3 is 0 Å². The Morgan fingerprint density at radius 3 is 3.00 bits per heavy atom. The Labute approximate surface area is 99.2 Å². The lowest BCUT2D eigenvalue weighted by molar-refractivity contribution is 0.0982. The third-order valence-corrected chi connectivity index (χ3v) is 3.21. The second kappa shape index (κ2) is 4.20. The summed E-state index contributed by atoms with van der Waals surface area (Å²) in [5.74, 6) is 0.279. The summed E-state index contributed by atoms with van der Waals surface area (Å²) in [5.41, 5.74) is 3.10. The molecule has 2 aromatic heterocycles. The third-order valence-electron chi connectivity index (χ3n) is 3.21. The van der Waals surface area contributed by atoms with Gasteiger partial charge in [-0.3, -0.25) is 4.79 Å². The van der Waals surface area contributed by atoms with Crippen molar-refractivity contribution in [2.45, 2.75) is 32.2 Å². The van der Waals surface area contributed by atoms with Crippen LogP contribution in [0.3, 0.4) is 0 Å². The first-order valence-electron chi connectivity index (χ1n) is 5.93. The Bertz CT molecular complexity index is 526. The topological polar surface area (TPSA) is 48.0 Å². The van der Waals surface area contributed by atoms with Gasteiger partial charge in [-0.1, -0.05) is 5.16 Å². The van der Waals surface area contributed by atoms with Crippen LogP contribution in [0.25, 0.3) is 0 Å². The highest BCUT2D eigenvalue weighted by molar-refractivity contribution is 5.97. The van der Waals surface area contributed by atoms with Crippen molar-refractivity contribution in [1.82, 2.24) is 9.72 Å². The highest BCUT2D eigenvalue weighted by Gasteiger charge is 2.17. The Hall–Kier alpha value is -1.84. The molecule has 4 nitrogen and oxygen atoms in total. The van der Waals surface area contributed by atoms with Gasteiger partial charge in [0.15, 0.2) is 5.78 Å². The van der Waals surface area contributed by atoms with Crippen molar-refractivity contribution in [1.29, 1.82) is 0 Å². The number of carbonyl (C=O) groups excluding carboxylic acids is 1. The molecule has 0 aromatic carbocycles. The van der Waals surface area contributed by atoms with Crippen molar-refractivity contribution in [2.24, 2.45) is 0 Å². The highest BCUT2D eigenvalue weighted by Crippen LogP contribution is 2.22. The molecule has 0 bridgehead atoms. The van der Waals surface area contributed by atoms with Gasteiger partial charge in [0.2, 0.25) is 0 Å². The number of rotatable bonds is 2. The molecule has 2 aromatic rings. The van der Waals surface area contributed by atoms with Crippen LogP contribution in [0.5, 0.6) is 0 Å². The molecule has 3 rings (SSSR count). The quantitative estimate of drug-likeness (QED) is 0.744. The van der Waals surface area contributed by atoms with Gasteiger partial charge in [0, 0.05) is 29.9 Å². The molecule has 0 N–H and O–H groups in total. The van der Waals surface area contributed by atoms with Crippen LogP contribution >= 0.6 is 0 Å². The number of aryl methyl sites for hydroxylation is 1. The molecule has 0 atom stereocenters. The molecule has 0 spiro atoms. The lowest BCUT2D eigenvalue weighted by Crippen LogP contribution is -1.98. The fourth-order valence-electron chi connectivity index (χ4n) is 2.35. The van der Waals surface area contributed by atoms with E-state index in [1.54, 1.807) is 12.5 Å². The van der Waals surface area contributed by atoms with Crippen LogP contribution in [0.2, 0.25) is 0 Å². The van der Waals surface area contributed by atoms with E-state index in [2.05, 4.69) is 11.4 Å². The normalized spacial score (nSPS) is 15.6. The molecule has 0 saturated carbocycles. The number of nitrogens with zero attached hydrogens (tertiary/aromatic N) is 2. The van der Waals surface area contributed by atoms with E-state index in [9.17, 15) is 4.79 Å². The first-order valence-corrected chi connectivity index (χ1v) is 5.93. The maximum absolute atomic E-state index is 11.9. The van der Waals surface area contributed by atoms with Gasteiger partial charge in [0.05, 0.1) is 12.7 Å². The van der Waals surface area contributed by atoms with Crippen molar-refractivity contribution in [3.05, 3.63) is 41.5 Å². The third kappa shape index (κ3) is 2.02. The highest BCUT2D eigenvalue weighted by atomic mass is 16.5. The van der Waals surface area contributed by atoms with Crippen molar-refractivity contribution in [3.8, 4) is 0 Å². The van der Waals surface area contributed by atoms with Crippen molar-refractivity contribution in [2.75, 3.05) is 0 Å². The average Bonchev–Trinajstić information content (AvgIpc) is 2.92. The Balaban J connectivity index is 1.88. The maximum Gasteiger partial charge on any atom is 0.164 e. The molecule has 0 unspecified atom stereocenters. The number of carbonyl (C=O) groups is 1. The van der Waals surface area contributed by atoms with E-state index >= 15 is 0 Å². The van der Waals surface area contributed by atoms with E-state index in [4.69, 9.17) is 4.52 Å². The molecule has 88 valence electrons. The second-order valence-corrected chi connectivity index (χ2v) is 4.53. The molecular weight excluding hydrogens is 216 g/mol. The summed E-state index contributed by atoms with van der Waals surface area (Å²) in [5, 5.41) is 3.67. The van der Waals surface area contributed by atoms with Crippen LogP contribution in [0.15, 0.2) is 29.4 Å². The van der Waals surface area contributed by atoms with E-state index in [-0.39, 0.29) is 5.78 Å². The van der Waals surface area contributed by atoms with Gasteiger partial charge < -0.3 is 9.09 Å². The first kappa shape index (κ1) is 10.3. The van der Waals surface area contributed by atoms with E-state index in [0.29, 0.717) is 13.0 Å². The zero-order valence-electron chi connectivity index (χ0n) is 9.56. The van der Waals surface area contributed by atoms with E-state index < -0.39 is 0 Å². The average molecular weight is 230 g/mol. The largest absolute Gasteiger partial charge is 0.364 e. The SMILES string of the molecule is O=C1CCCCc2cn(Cc3cnoc3)cc21. The molecule has 2 heterocycles. The molecule has 0 saturated heterocycles. The van der Waals surface area contributed by atoms with Gasteiger partial charge in [0.25, 0.3) is 0 Å². The van der Waals surface area contributed by atoms with Crippen LogP contribution in [-0.4, -0.2) is 15.5 Å². The van der Waals surface area contributed by atoms with Crippen molar-refractivity contribution in [3.63, 3.8) is 0 Å². The summed E-state index contributed by atoms with van der Waals surface area (Å²) >= 11 is 0. The second-order valence-electron chi connectivity index (χ2n) is 4.53. The minimum Gasteiger partial charge on any atom is -0.364 e. The number of hydrogen-bond donors (Lipinski definition) is 0. The molecule has 4 heteroatoms. The molecular formula is C13H14N2O2. The summed E-state index contributed by atoms with van der Waals surface area (Å²) in [7, 11) is 0. The molecule has 0 fully saturated rings. The van der Waals surface area contributed by atoms with Crippen LogP contribution < -0.4 is 0 Å². The monoisotopic (exact) mass is 230 g/mol. The molecule has 1 aliphatic carbocycles. The Morgan fingerprint density at radius 1 is 1.29 bits per heavy atom. The van der Waals surface area contributed by atoms with Gasteiger partial charge in [-0.05, 0) is 24.8 Å². The fraction of sp³-hybridized carbons (Fsp3) is 0.385. The predicted molar refractivity (Wildman–Crippen MR) is 61.9 cm³/mol. The van der Waals surface area contributed by atoms with Crippen molar-refractivity contribution < 1.29 is 9.32 Å². The van der Waals surface area contributed by atoms with Gasteiger partial charge in [-0.15, -0.1) is 0 Å². The first-order chi connectivity index (χ1) is 8.33. The summed E-state index contributed by atoms with van der Waals surface area (Å²) in [4.78, 5) is 11.9. The van der Waals surface area contributed by atoms with E-state index in [0.717, 1.165) is 30.4 Å². The van der Waals surface area contributed by atoms with Crippen LogP contribution in [-0.2, 0) is 13.0 Å². The van der Waals surface area contributed by atoms with Crippen LogP contribution in [0, 0.1) is 0 Å². The lowest BCUT2D eigenvalue weighted by Gasteiger charge is -1.98. The Morgan fingerprint density at radius 2 is 2.18 bits per heavy atom. The summed E-state index contributed by atoms with van der Waals surface area (Å²) in [6.45, 7) is 0.712. The number of fused-ring (bicyclic) bond motifs is 1. The number of hydrogen-bond acceptors (Lipinski definition) is 3. The van der Waals surface area contributed by atoms with E-state index in [1.165, 1.54) is 5.56 Å². The lowest BCUT2D eigenvalue weighted by atomic mass is 10.1. The molecule has 1 aliphatic rings. The van der Waals surface area contributed by atoms with Crippen molar-refractivity contribution >= 4 is 5.78 Å². The minimum absolute atomic E-state index is 0.279. The summed E-state index contributed by atoms with van der Waals surface area (Å²) in [6, 6.07) is 0. The van der Waals surface area contributed by atoms with E-state index in [1.807, 2.05) is 10.8 Å².